The van der Waals surface area contributed by atoms with E-state index in [2.05, 4.69) is 20.4 Å². The lowest BCUT2D eigenvalue weighted by Gasteiger charge is -2.29. The monoisotopic (exact) mass is 204 g/mol. The van der Waals surface area contributed by atoms with E-state index < -0.39 is 0 Å². The number of rotatable bonds is 5. The summed E-state index contributed by atoms with van der Waals surface area (Å²) in [5.41, 5.74) is 1.08. The van der Waals surface area contributed by atoms with Crippen molar-refractivity contribution in [3.63, 3.8) is 0 Å². The summed E-state index contributed by atoms with van der Waals surface area (Å²) in [5, 5.41) is 10.1. The first-order valence-corrected chi connectivity index (χ1v) is 5.39. The lowest BCUT2D eigenvalue weighted by molar-refractivity contribution is 0.0527. The Morgan fingerprint density at radius 3 is 2.47 bits per heavy atom. The Morgan fingerprint density at radius 2 is 1.93 bits per heavy atom. The van der Waals surface area contributed by atoms with Crippen LogP contribution >= 0.6 is 0 Å². The van der Waals surface area contributed by atoms with Gasteiger partial charge >= 0.3 is 0 Å². The minimum absolute atomic E-state index is 0.0996. The fourth-order valence-corrected chi connectivity index (χ4v) is 1.62. The molecule has 0 fully saturated rings. The van der Waals surface area contributed by atoms with Crippen LogP contribution in [0.25, 0.3) is 0 Å². The molecule has 0 saturated carbocycles. The van der Waals surface area contributed by atoms with Crippen LogP contribution in [-0.4, -0.2) is 11.2 Å². The van der Waals surface area contributed by atoms with Crippen molar-refractivity contribution in [2.45, 2.75) is 32.8 Å². The summed E-state index contributed by atoms with van der Waals surface area (Å²) in [4.78, 5) is 0. The molecule has 0 heterocycles. The van der Waals surface area contributed by atoms with E-state index in [1.54, 1.807) is 0 Å². The van der Waals surface area contributed by atoms with Gasteiger partial charge in [0.1, 0.15) is 0 Å². The van der Waals surface area contributed by atoms with Gasteiger partial charge in [0.15, 0.2) is 0 Å². The molecule has 0 saturated heterocycles. The number of hydrogen-bond acceptors (Lipinski definition) is 1. The van der Waals surface area contributed by atoms with Gasteiger partial charge in [-0.05, 0) is 23.8 Å². The third kappa shape index (κ3) is 3.52. The van der Waals surface area contributed by atoms with Gasteiger partial charge in [0, 0.05) is 0 Å². The summed E-state index contributed by atoms with van der Waals surface area (Å²) in [6.07, 6.45) is 3.09. The maximum atomic E-state index is 10.1. The molecule has 1 nitrogen and oxygen atoms in total. The van der Waals surface area contributed by atoms with E-state index in [4.69, 9.17) is 0 Å². The topological polar surface area (TPSA) is 20.2 Å². The van der Waals surface area contributed by atoms with Crippen molar-refractivity contribution in [3.8, 4) is 0 Å². The van der Waals surface area contributed by atoms with Gasteiger partial charge in [-0.2, -0.15) is 0 Å². The first kappa shape index (κ1) is 12.0. The van der Waals surface area contributed by atoms with Crippen LogP contribution in [0.4, 0.5) is 0 Å². The van der Waals surface area contributed by atoms with Crippen LogP contribution in [0.5, 0.6) is 0 Å². The summed E-state index contributed by atoms with van der Waals surface area (Å²) in [6, 6.07) is 10.1. The molecular formula is C14H20O. The van der Waals surface area contributed by atoms with Crippen LogP contribution in [0, 0.1) is 5.41 Å². The summed E-state index contributed by atoms with van der Waals surface area (Å²) in [5.74, 6) is 0. The summed E-state index contributed by atoms with van der Waals surface area (Å²) < 4.78 is 0. The van der Waals surface area contributed by atoms with Crippen LogP contribution in [0.15, 0.2) is 43.0 Å². The molecule has 82 valence electrons. The highest BCUT2D eigenvalue weighted by Crippen LogP contribution is 2.27. The van der Waals surface area contributed by atoms with Crippen molar-refractivity contribution >= 4 is 0 Å². The van der Waals surface area contributed by atoms with Crippen molar-refractivity contribution < 1.29 is 5.11 Å². The molecule has 1 aromatic rings. The Morgan fingerprint density at radius 1 is 1.33 bits per heavy atom. The molecule has 1 N–H and O–H groups in total. The fourth-order valence-electron chi connectivity index (χ4n) is 1.62. The molecule has 1 aromatic carbocycles. The zero-order valence-electron chi connectivity index (χ0n) is 9.61. The number of aliphatic hydroxyl groups excluding tert-OH is 1. The predicted molar refractivity (Wildman–Crippen MR) is 64.7 cm³/mol. The van der Waals surface area contributed by atoms with Gasteiger partial charge in [-0.1, -0.05) is 50.3 Å². The lowest BCUT2D eigenvalue weighted by atomic mass is 9.80. The molecule has 0 bridgehead atoms. The van der Waals surface area contributed by atoms with E-state index in [0.717, 1.165) is 6.42 Å². The highest BCUT2D eigenvalue weighted by molar-refractivity contribution is 5.16. The van der Waals surface area contributed by atoms with Crippen molar-refractivity contribution in [3.05, 3.63) is 48.6 Å². The molecular weight excluding hydrogens is 184 g/mol. The summed E-state index contributed by atoms with van der Waals surface area (Å²) >= 11 is 0. The molecule has 1 heteroatoms. The van der Waals surface area contributed by atoms with Gasteiger partial charge in [0.05, 0.1) is 6.10 Å². The molecule has 15 heavy (non-hydrogen) atoms. The Kier molecular flexibility index (Phi) is 4.10. The first-order chi connectivity index (χ1) is 7.06. The summed E-state index contributed by atoms with van der Waals surface area (Å²) in [7, 11) is 0. The van der Waals surface area contributed by atoms with E-state index in [9.17, 15) is 5.11 Å². The predicted octanol–water partition coefficient (Wildman–Crippen LogP) is 3.19. The molecule has 0 spiro atoms. The standard InChI is InChI=1S/C14H20O/c1-4-10-14(2,3)13(15)11-12-8-6-5-7-9-12/h4-9,13,15H,1,10-11H2,2-3H3. The second kappa shape index (κ2) is 5.13. The van der Waals surface area contributed by atoms with Crippen molar-refractivity contribution in [1.82, 2.24) is 0 Å². The van der Waals surface area contributed by atoms with Gasteiger partial charge in [-0.15, -0.1) is 6.58 Å². The Bertz CT molecular complexity index is 300. The largest absolute Gasteiger partial charge is 0.392 e. The average Bonchev–Trinajstić information content (AvgIpc) is 2.19. The normalized spacial score (nSPS) is 13.5. The van der Waals surface area contributed by atoms with Crippen LogP contribution in [0.3, 0.4) is 0 Å². The van der Waals surface area contributed by atoms with Gasteiger partial charge in [-0.25, -0.2) is 0 Å². The number of benzene rings is 1. The highest BCUT2D eigenvalue weighted by atomic mass is 16.3. The van der Waals surface area contributed by atoms with E-state index in [1.165, 1.54) is 5.56 Å². The molecule has 0 aliphatic carbocycles. The molecule has 1 unspecified atom stereocenters. The quantitative estimate of drug-likeness (QED) is 0.730. The Labute approximate surface area is 92.5 Å². The number of allylic oxidation sites excluding steroid dienone is 1. The van der Waals surface area contributed by atoms with Gasteiger partial charge in [0.2, 0.25) is 0 Å². The maximum Gasteiger partial charge on any atom is 0.0634 e. The van der Waals surface area contributed by atoms with E-state index in [-0.39, 0.29) is 11.5 Å². The Balaban J connectivity index is 2.63. The molecule has 0 aliphatic rings. The van der Waals surface area contributed by atoms with Crippen molar-refractivity contribution in [2.75, 3.05) is 0 Å². The average molecular weight is 204 g/mol. The SMILES string of the molecule is C=CCC(C)(C)C(O)Cc1ccccc1. The van der Waals surface area contributed by atoms with Crippen LogP contribution < -0.4 is 0 Å². The maximum absolute atomic E-state index is 10.1. The second-order valence-electron chi connectivity index (χ2n) is 4.69. The summed E-state index contributed by atoms with van der Waals surface area (Å²) in [6.45, 7) is 7.87. The third-order valence-electron chi connectivity index (χ3n) is 2.84. The molecule has 1 rings (SSSR count). The molecule has 0 amide bonds. The third-order valence-corrected chi connectivity index (χ3v) is 2.84. The van der Waals surface area contributed by atoms with E-state index in [0.29, 0.717) is 6.42 Å². The zero-order valence-corrected chi connectivity index (χ0v) is 9.61. The molecule has 0 aromatic heterocycles. The van der Waals surface area contributed by atoms with Crippen LogP contribution in [0.2, 0.25) is 0 Å². The van der Waals surface area contributed by atoms with Gasteiger partial charge in [-0.3, -0.25) is 0 Å². The van der Waals surface area contributed by atoms with Crippen LogP contribution in [-0.2, 0) is 6.42 Å². The van der Waals surface area contributed by atoms with Crippen molar-refractivity contribution in [1.29, 1.82) is 0 Å². The lowest BCUT2D eigenvalue weighted by Crippen LogP contribution is -2.30. The highest BCUT2D eigenvalue weighted by Gasteiger charge is 2.26. The van der Waals surface area contributed by atoms with E-state index in [1.807, 2.05) is 36.4 Å². The van der Waals surface area contributed by atoms with Crippen molar-refractivity contribution in [2.24, 2.45) is 5.41 Å². The first-order valence-electron chi connectivity index (χ1n) is 5.39. The van der Waals surface area contributed by atoms with Crippen LogP contribution in [0.1, 0.15) is 25.8 Å². The van der Waals surface area contributed by atoms with E-state index >= 15 is 0 Å². The minimum Gasteiger partial charge on any atom is -0.392 e. The van der Waals surface area contributed by atoms with Gasteiger partial charge in [0.25, 0.3) is 0 Å². The molecule has 1 atom stereocenters. The number of hydrogen-bond donors (Lipinski definition) is 1. The molecule has 0 radical (unpaired) electrons. The fraction of sp³-hybridized carbons (Fsp3) is 0.429. The molecule has 0 aliphatic heterocycles. The van der Waals surface area contributed by atoms with Gasteiger partial charge < -0.3 is 5.11 Å². The number of aliphatic hydroxyl groups is 1. The second-order valence-corrected chi connectivity index (χ2v) is 4.69. The minimum atomic E-state index is -0.321. The Hall–Kier alpha value is -1.08. The smallest absolute Gasteiger partial charge is 0.0634 e. The zero-order chi connectivity index (χ0) is 11.3.